The van der Waals surface area contributed by atoms with Gasteiger partial charge in [-0.05, 0) is 41.8 Å². The number of alkyl halides is 3. The fraction of sp³-hybridized carbons (Fsp3) is 0.174. The minimum absolute atomic E-state index is 0.0162. The molecule has 2 aromatic carbocycles. The molecule has 0 aliphatic carbocycles. The van der Waals surface area contributed by atoms with Crippen LogP contribution in [0.1, 0.15) is 24.0 Å². The van der Waals surface area contributed by atoms with E-state index in [0.29, 0.717) is 18.5 Å². The number of hydrogen-bond acceptors (Lipinski definition) is 5. The second-order valence-electron chi connectivity index (χ2n) is 7.31. The number of fused-ring (bicyclic) bond motifs is 1. The van der Waals surface area contributed by atoms with Crippen LogP contribution in [0.4, 0.5) is 27.8 Å². The summed E-state index contributed by atoms with van der Waals surface area (Å²) in [5, 5.41) is 3.02. The molecule has 0 aliphatic heterocycles. The zero-order chi connectivity index (χ0) is 23.6. The summed E-state index contributed by atoms with van der Waals surface area (Å²) in [4.78, 5) is 11.5. The van der Waals surface area contributed by atoms with E-state index in [9.17, 15) is 22.0 Å². The molecule has 0 radical (unpaired) electrons. The third kappa shape index (κ3) is 5.00. The normalized spacial score (nSPS) is 12.5. The summed E-state index contributed by atoms with van der Waals surface area (Å²) in [5.74, 6) is -0.661. The lowest BCUT2D eigenvalue weighted by Gasteiger charge is -2.15. The lowest BCUT2D eigenvalue weighted by molar-refractivity contribution is -0.137. The molecule has 1 atom stereocenters. The van der Waals surface area contributed by atoms with Crippen LogP contribution < -0.4 is 10.1 Å². The van der Waals surface area contributed by atoms with E-state index in [0.717, 1.165) is 29.8 Å². The molecular formula is C23H17F5N4O. The van der Waals surface area contributed by atoms with Gasteiger partial charge in [-0.1, -0.05) is 19.1 Å². The summed E-state index contributed by atoms with van der Waals surface area (Å²) in [7, 11) is 0. The molecule has 0 saturated carbocycles. The van der Waals surface area contributed by atoms with Crippen LogP contribution in [0.5, 0.6) is 11.6 Å². The van der Waals surface area contributed by atoms with Crippen LogP contribution in [-0.2, 0) is 6.18 Å². The van der Waals surface area contributed by atoms with Crippen LogP contribution in [0.2, 0.25) is 0 Å². The number of nitrogens with one attached hydrogen (secondary N) is 1. The molecule has 2 heterocycles. The molecule has 170 valence electrons. The molecule has 10 heteroatoms. The highest BCUT2D eigenvalue weighted by Gasteiger charge is 2.30. The average molecular weight is 460 g/mol. The number of halogens is 5. The van der Waals surface area contributed by atoms with Crippen molar-refractivity contribution in [1.82, 2.24) is 15.0 Å². The number of benzene rings is 2. The third-order valence-electron chi connectivity index (χ3n) is 5.00. The number of ether oxygens (including phenoxy) is 1. The van der Waals surface area contributed by atoms with Crippen molar-refractivity contribution in [3.05, 3.63) is 83.8 Å². The van der Waals surface area contributed by atoms with Crippen LogP contribution in [0.25, 0.3) is 10.9 Å². The van der Waals surface area contributed by atoms with Gasteiger partial charge in [-0.2, -0.15) is 13.2 Å². The van der Waals surface area contributed by atoms with Crippen molar-refractivity contribution in [1.29, 1.82) is 0 Å². The van der Waals surface area contributed by atoms with Crippen LogP contribution in [0.15, 0.2) is 61.1 Å². The van der Waals surface area contributed by atoms with E-state index in [-0.39, 0.29) is 28.5 Å². The SMILES string of the molecule is CC(CNc1ncnc2c(F)ccc(F)c12)c1ccc(Oc2ccc(C(F)(F)F)cn2)cc1. The molecule has 4 rings (SSSR count). The number of hydrogen-bond donors (Lipinski definition) is 1. The molecule has 1 unspecified atom stereocenters. The zero-order valence-corrected chi connectivity index (χ0v) is 17.2. The van der Waals surface area contributed by atoms with Gasteiger partial charge in [-0.3, -0.25) is 0 Å². The first-order valence-electron chi connectivity index (χ1n) is 9.86. The van der Waals surface area contributed by atoms with Gasteiger partial charge in [-0.15, -0.1) is 0 Å². The first-order valence-corrected chi connectivity index (χ1v) is 9.86. The van der Waals surface area contributed by atoms with Crippen LogP contribution >= 0.6 is 0 Å². The second kappa shape index (κ2) is 8.97. The van der Waals surface area contributed by atoms with Gasteiger partial charge in [0, 0.05) is 18.8 Å². The molecule has 0 spiro atoms. The molecule has 5 nitrogen and oxygen atoms in total. The van der Waals surface area contributed by atoms with Crippen LogP contribution in [-0.4, -0.2) is 21.5 Å². The van der Waals surface area contributed by atoms with Crippen LogP contribution in [0.3, 0.4) is 0 Å². The predicted octanol–water partition coefficient (Wildman–Crippen LogP) is 6.33. The van der Waals surface area contributed by atoms with Crippen molar-refractivity contribution >= 4 is 16.7 Å². The Morgan fingerprint density at radius 2 is 1.64 bits per heavy atom. The van der Waals surface area contributed by atoms with E-state index in [1.54, 1.807) is 24.3 Å². The van der Waals surface area contributed by atoms with E-state index in [2.05, 4.69) is 20.3 Å². The molecule has 2 aromatic heterocycles. The minimum atomic E-state index is -4.46. The lowest BCUT2D eigenvalue weighted by atomic mass is 10.0. The Morgan fingerprint density at radius 1 is 0.909 bits per heavy atom. The summed E-state index contributed by atoms with van der Waals surface area (Å²) < 4.78 is 71.5. The number of pyridine rings is 1. The molecule has 4 aromatic rings. The summed E-state index contributed by atoms with van der Waals surface area (Å²) in [6.45, 7) is 2.31. The van der Waals surface area contributed by atoms with E-state index in [1.165, 1.54) is 6.33 Å². The molecule has 0 fully saturated rings. The fourth-order valence-corrected chi connectivity index (χ4v) is 3.20. The first kappa shape index (κ1) is 22.4. The van der Waals surface area contributed by atoms with Crippen molar-refractivity contribution in [3.63, 3.8) is 0 Å². The molecular weight excluding hydrogens is 443 g/mol. The van der Waals surface area contributed by atoms with Gasteiger partial charge in [0.1, 0.15) is 35.0 Å². The van der Waals surface area contributed by atoms with Crippen molar-refractivity contribution in [2.45, 2.75) is 19.0 Å². The first-order chi connectivity index (χ1) is 15.7. The fourth-order valence-electron chi connectivity index (χ4n) is 3.20. The smallest absolute Gasteiger partial charge is 0.417 e. The third-order valence-corrected chi connectivity index (χ3v) is 5.00. The van der Waals surface area contributed by atoms with Crippen LogP contribution in [0, 0.1) is 11.6 Å². The lowest BCUT2D eigenvalue weighted by Crippen LogP contribution is -2.12. The van der Waals surface area contributed by atoms with Crippen molar-refractivity contribution in [3.8, 4) is 11.6 Å². The van der Waals surface area contributed by atoms with Gasteiger partial charge < -0.3 is 10.1 Å². The Morgan fingerprint density at radius 3 is 2.30 bits per heavy atom. The van der Waals surface area contributed by atoms with Crippen molar-refractivity contribution < 1.29 is 26.7 Å². The van der Waals surface area contributed by atoms with Crippen molar-refractivity contribution in [2.75, 3.05) is 11.9 Å². The Hall–Kier alpha value is -3.82. The maximum atomic E-state index is 14.2. The van der Waals surface area contributed by atoms with E-state index in [4.69, 9.17) is 4.74 Å². The predicted molar refractivity (Wildman–Crippen MR) is 112 cm³/mol. The second-order valence-corrected chi connectivity index (χ2v) is 7.31. The minimum Gasteiger partial charge on any atom is -0.439 e. The summed E-state index contributed by atoms with van der Waals surface area (Å²) in [6, 6.07) is 11.0. The highest BCUT2D eigenvalue weighted by Crippen LogP contribution is 2.30. The van der Waals surface area contributed by atoms with E-state index in [1.807, 2.05) is 6.92 Å². The van der Waals surface area contributed by atoms with Gasteiger partial charge in [0.2, 0.25) is 5.88 Å². The van der Waals surface area contributed by atoms with Gasteiger partial charge in [0.25, 0.3) is 0 Å². The quantitative estimate of drug-likeness (QED) is 0.341. The molecule has 0 bridgehead atoms. The van der Waals surface area contributed by atoms with Gasteiger partial charge in [0.05, 0.1) is 10.9 Å². The highest BCUT2D eigenvalue weighted by atomic mass is 19.4. The van der Waals surface area contributed by atoms with E-state index < -0.39 is 23.4 Å². The molecule has 33 heavy (non-hydrogen) atoms. The molecule has 0 amide bonds. The standard InChI is InChI=1S/C23H17F5N4O/c1-13(10-30-22-20-17(24)7-8-18(25)21(20)31-12-32-22)14-2-5-16(6-3-14)33-19-9-4-15(11-29-19)23(26,27)28/h2-9,11-13H,10H2,1H3,(H,30,31,32). The monoisotopic (exact) mass is 460 g/mol. The summed E-state index contributed by atoms with van der Waals surface area (Å²) in [5.41, 5.74) is -0.0376. The number of anilines is 1. The maximum absolute atomic E-state index is 14.2. The Balaban J connectivity index is 1.42. The number of nitrogens with zero attached hydrogens (tertiary/aromatic N) is 3. The number of rotatable bonds is 6. The highest BCUT2D eigenvalue weighted by molar-refractivity contribution is 5.89. The van der Waals surface area contributed by atoms with E-state index >= 15 is 0 Å². The zero-order valence-electron chi connectivity index (χ0n) is 17.2. The largest absolute Gasteiger partial charge is 0.439 e. The van der Waals surface area contributed by atoms with Gasteiger partial charge in [0.15, 0.2) is 0 Å². The molecule has 0 aliphatic rings. The average Bonchev–Trinajstić information content (AvgIpc) is 2.80. The summed E-state index contributed by atoms with van der Waals surface area (Å²) in [6.07, 6.45) is -2.59. The molecule has 0 saturated heterocycles. The summed E-state index contributed by atoms with van der Waals surface area (Å²) >= 11 is 0. The Labute approximate surface area is 185 Å². The maximum Gasteiger partial charge on any atom is 0.417 e. The Bertz CT molecular complexity index is 1260. The molecule has 1 N–H and O–H groups in total. The van der Waals surface area contributed by atoms with Crippen molar-refractivity contribution in [2.24, 2.45) is 0 Å². The topological polar surface area (TPSA) is 59.9 Å². The Kier molecular flexibility index (Phi) is 6.08. The van der Waals surface area contributed by atoms with Gasteiger partial charge in [-0.25, -0.2) is 23.7 Å². The number of aromatic nitrogens is 3. The van der Waals surface area contributed by atoms with Gasteiger partial charge >= 0.3 is 6.18 Å².